The molecular weight excluding hydrogens is 426 g/mol. The molecule has 1 heterocycles. The highest BCUT2D eigenvalue weighted by Gasteiger charge is 2.15. The summed E-state index contributed by atoms with van der Waals surface area (Å²) in [6.45, 7) is 0. The number of carbonyl (C=O) groups excluding carboxylic acids is 2. The fourth-order valence-corrected chi connectivity index (χ4v) is 3.14. The van der Waals surface area contributed by atoms with Gasteiger partial charge in [0.2, 0.25) is 17.7 Å². The van der Waals surface area contributed by atoms with E-state index in [0.717, 1.165) is 11.1 Å². The smallest absolute Gasteiger partial charge is 0.248 e. The second-order valence-electron chi connectivity index (χ2n) is 6.87. The van der Waals surface area contributed by atoms with E-state index in [1.165, 1.54) is 6.08 Å². The summed E-state index contributed by atoms with van der Waals surface area (Å²) < 4.78 is 5.97. The van der Waals surface area contributed by atoms with Crippen molar-refractivity contribution in [3.63, 3.8) is 0 Å². The summed E-state index contributed by atoms with van der Waals surface area (Å²) in [5.41, 5.74) is 8.35. The average molecular weight is 444 g/mol. The molecule has 0 bridgehead atoms. The summed E-state index contributed by atoms with van der Waals surface area (Å²) in [4.78, 5) is 28.2. The van der Waals surface area contributed by atoms with Gasteiger partial charge in [-0.3, -0.25) is 9.59 Å². The predicted octanol–water partition coefficient (Wildman–Crippen LogP) is 5.41. The zero-order chi connectivity index (χ0) is 22.5. The molecule has 0 atom stereocenters. The lowest BCUT2D eigenvalue weighted by Gasteiger charge is -2.02. The van der Waals surface area contributed by atoms with Crippen LogP contribution in [0.15, 0.2) is 89.4 Å². The van der Waals surface area contributed by atoms with Crippen molar-refractivity contribution < 1.29 is 14.0 Å². The Morgan fingerprint density at radius 1 is 0.906 bits per heavy atom. The maximum absolute atomic E-state index is 12.4. The van der Waals surface area contributed by atoms with E-state index in [1.54, 1.807) is 42.5 Å². The van der Waals surface area contributed by atoms with Gasteiger partial charge in [0.05, 0.1) is 0 Å². The van der Waals surface area contributed by atoms with Crippen LogP contribution in [0.25, 0.3) is 28.8 Å². The van der Waals surface area contributed by atoms with E-state index in [-0.39, 0.29) is 5.91 Å². The van der Waals surface area contributed by atoms with E-state index in [2.05, 4.69) is 10.3 Å². The van der Waals surface area contributed by atoms with Crippen molar-refractivity contribution in [3.8, 4) is 22.7 Å². The molecule has 3 aromatic carbocycles. The molecule has 2 amide bonds. The monoisotopic (exact) mass is 443 g/mol. The van der Waals surface area contributed by atoms with Crippen molar-refractivity contribution in [2.45, 2.75) is 0 Å². The molecule has 0 saturated carbocycles. The van der Waals surface area contributed by atoms with Gasteiger partial charge in [-0.25, -0.2) is 4.98 Å². The number of hydrogen-bond acceptors (Lipinski definition) is 4. The van der Waals surface area contributed by atoms with E-state index in [0.29, 0.717) is 33.6 Å². The number of amides is 2. The number of carbonyl (C=O) groups is 2. The number of nitrogens with two attached hydrogens (primary N) is 1. The minimum absolute atomic E-state index is 0.362. The van der Waals surface area contributed by atoms with Gasteiger partial charge >= 0.3 is 0 Å². The standard InChI is InChI=1S/C25H18ClN3O3/c26-19-10-6-16(7-11-19)23-21(32-25(29-23)18-4-2-1-3-5-18)14-15-22(30)28-20-12-8-17(9-13-20)24(27)31/h1-15H,(H2,27,31)(H,28,30)/b15-14+. The maximum Gasteiger partial charge on any atom is 0.248 e. The lowest BCUT2D eigenvalue weighted by atomic mass is 10.1. The molecule has 7 heteroatoms. The SMILES string of the molecule is NC(=O)c1ccc(NC(=O)/C=C/c2oc(-c3ccccc3)nc2-c2ccc(Cl)cc2)cc1. The maximum atomic E-state index is 12.4. The molecule has 1 aromatic heterocycles. The van der Waals surface area contributed by atoms with Crippen LogP contribution in [0.5, 0.6) is 0 Å². The molecule has 158 valence electrons. The first kappa shape index (κ1) is 21.1. The summed E-state index contributed by atoms with van der Waals surface area (Å²) in [5.74, 6) is -0.0170. The molecule has 0 spiro atoms. The van der Waals surface area contributed by atoms with Crippen molar-refractivity contribution >= 4 is 35.2 Å². The number of oxazole rings is 1. The van der Waals surface area contributed by atoms with Crippen LogP contribution in [0.4, 0.5) is 5.69 Å². The van der Waals surface area contributed by atoms with Crippen molar-refractivity contribution in [1.82, 2.24) is 4.98 Å². The highest BCUT2D eigenvalue weighted by Crippen LogP contribution is 2.30. The van der Waals surface area contributed by atoms with Crippen molar-refractivity contribution in [2.75, 3.05) is 5.32 Å². The van der Waals surface area contributed by atoms with Crippen molar-refractivity contribution in [2.24, 2.45) is 5.73 Å². The molecule has 32 heavy (non-hydrogen) atoms. The molecule has 3 N–H and O–H groups in total. The highest BCUT2D eigenvalue weighted by molar-refractivity contribution is 6.30. The van der Waals surface area contributed by atoms with E-state index < -0.39 is 5.91 Å². The lowest BCUT2D eigenvalue weighted by Crippen LogP contribution is -2.11. The Balaban J connectivity index is 1.60. The van der Waals surface area contributed by atoms with Gasteiger partial charge in [-0.15, -0.1) is 0 Å². The first-order valence-electron chi connectivity index (χ1n) is 9.71. The Hall–Kier alpha value is -4.16. The van der Waals surface area contributed by atoms with Crippen LogP contribution in [0.2, 0.25) is 5.02 Å². The Kier molecular flexibility index (Phi) is 6.14. The fourth-order valence-electron chi connectivity index (χ4n) is 3.02. The van der Waals surface area contributed by atoms with Crippen LogP contribution in [0, 0.1) is 0 Å². The molecule has 6 nitrogen and oxygen atoms in total. The lowest BCUT2D eigenvalue weighted by molar-refractivity contribution is -0.111. The van der Waals surface area contributed by atoms with Crippen LogP contribution in [0.1, 0.15) is 16.1 Å². The number of benzene rings is 3. The first-order chi connectivity index (χ1) is 15.5. The minimum Gasteiger partial charge on any atom is -0.436 e. The number of halogens is 1. The number of nitrogens with one attached hydrogen (secondary N) is 1. The highest BCUT2D eigenvalue weighted by atomic mass is 35.5. The second kappa shape index (κ2) is 9.32. The number of primary amides is 1. The number of anilines is 1. The van der Waals surface area contributed by atoms with Crippen LogP contribution < -0.4 is 11.1 Å². The number of aromatic nitrogens is 1. The largest absolute Gasteiger partial charge is 0.436 e. The van der Waals surface area contributed by atoms with Gasteiger partial charge in [-0.1, -0.05) is 41.9 Å². The van der Waals surface area contributed by atoms with Gasteiger partial charge < -0.3 is 15.5 Å². The quantitative estimate of drug-likeness (QED) is 0.389. The van der Waals surface area contributed by atoms with E-state index in [1.807, 2.05) is 42.5 Å². The van der Waals surface area contributed by atoms with Gasteiger partial charge in [0, 0.05) is 33.5 Å². The Bertz CT molecular complexity index is 1280. The van der Waals surface area contributed by atoms with Crippen LogP contribution >= 0.6 is 11.6 Å². The second-order valence-corrected chi connectivity index (χ2v) is 7.31. The first-order valence-corrected chi connectivity index (χ1v) is 10.1. The summed E-state index contributed by atoms with van der Waals surface area (Å²) in [7, 11) is 0. The zero-order valence-corrected chi connectivity index (χ0v) is 17.5. The van der Waals surface area contributed by atoms with Crippen LogP contribution in [-0.2, 0) is 4.79 Å². The Labute approximate surface area is 189 Å². The van der Waals surface area contributed by atoms with Crippen LogP contribution in [0.3, 0.4) is 0 Å². The molecule has 4 aromatic rings. The van der Waals surface area contributed by atoms with Crippen molar-refractivity contribution in [3.05, 3.63) is 101 Å². The van der Waals surface area contributed by atoms with Crippen molar-refractivity contribution in [1.29, 1.82) is 0 Å². The fraction of sp³-hybridized carbons (Fsp3) is 0. The molecular formula is C25H18ClN3O3. The Morgan fingerprint density at radius 2 is 1.59 bits per heavy atom. The third kappa shape index (κ3) is 4.94. The van der Waals surface area contributed by atoms with Gasteiger partial charge in [0.1, 0.15) is 5.69 Å². The normalized spacial score (nSPS) is 10.9. The Morgan fingerprint density at radius 3 is 2.25 bits per heavy atom. The molecule has 0 fully saturated rings. The van der Waals surface area contributed by atoms with E-state index in [4.69, 9.17) is 21.8 Å². The average Bonchev–Trinajstić information content (AvgIpc) is 3.23. The molecule has 0 aliphatic heterocycles. The predicted molar refractivity (Wildman–Crippen MR) is 125 cm³/mol. The topological polar surface area (TPSA) is 98.2 Å². The molecule has 0 radical (unpaired) electrons. The summed E-state index contributed by atoms with van der Waals surface area (Å²) in [6.07, 6.45) is 2.92. The molecule has 0 aliphatic carbocycles. The molecule has 4 rings (SSSR count). The van der Waals surface area contributed by atoms with E-state index >= 15 is 0 Å². The summed E-state index contributed by atoms with van der Waals surface area (Å²) in [5, 5.41) is 3.34. The zero-order valence-electron chi connectivity index (χ0n) is 16.8. The summed E-state index contributed by atoms with van der Waals surface area (Å²) in [6, 6.07) is 23.0. The minimum atomic E-state index is -0.531. The number of rotatable bonds is 6. The molecule has 0 saturated heterocycles. The van der Waals surface area contributed by atoms with Gasteiger partial charge in [-0.05, 0) is 54.6 Å². The van der Waals surface area contributed by atoms with Crippen LogP contribution in [-0.4, -0.2) is 16.8 Å². The van der Waals surface area contributed by atoms with Gasteiger partial charge in [-0.2, -0.15) is 0 Å². The number of hydrogen-bond donors (Lipinski definition) is 2. The van der Waals surface area contributed by atoms with Gasteiger partial charge in [0.15, 0.2) is 5.76 Å². The van der Waals surface area contributed by atoms with E-state index in [9.17, 15) is 9.59 Å². The molecule has 0 unspecified atom stereocenters. The third-order valence-corrected chi connectivity index (χ3v) is 4.87. The molecule has 0 aliphatic rings. The summed E-state index contributed by atoms with van der Waals surface area (Å²) >= 11 is 6.01. The number of nitrogens with zero attached hydrogens (tertiary/aromatic N) is 1. The third-order valence-electron chi connectivity index (χ3n) is 4.61. The van der Waals surface area contributed by atoms with Gasteiger partial charge in [0.25, 0.3) is 0 Å².